The van der Waals surface area contributed by atoms with Crippen LogP contribution in [-0.2, 0) is 4.79 Å². The van der Waals surface area contributed by atoms with Crippen LogP contribution >= 0.6 is 0 Å². The minimum atomic E-state index is -1.09. The number of carboxylic acid groups (broad SMARTS) is 1. The zero-order valence-corrected chi connectivity index (χ0v) is 11.4. The Hall–Kier alpha value is -2.44. The van der Waals surface area contributed by atoms with Crippen molar-refractivity contribution in [3.8, 4) is 11.5 Å². The largest absolute Gasteiger partial charge is 0.493 e. The molecule has 0 aliphatic carbocycles. The lowest BCUT2D eigenvalue weighted by Crippen LogP contribution is -2.45. The fourth-order valence-electron chi connectivity index (χ4n) is 1.37. The molecule has 110 valence electrons. The lowest BCUT2D eigenvalue weighted by Gasteiger charge is -2.12. The van der Waals surface area contributed by atoms with Gasteiger partial charge in [-0.2, -0.15) is 0 Å². The molecule has 0 aliphatic rings. The van der Waals surface area contributed by atoms with E-state index in [0.717, 1.165) is 0 Å². The third-order valence-electron chi connectivity index (χ3n) is 2.43. The van der Waals surface area contributed by atoms with Crippen LogP contribution in [0, 0.1) is 0 Å². The van der Waals surface area contributed by atoms with Crippen molar-refractivity contribution in [3.05, 3.63) is 24.3 Å². The Kier molecular flexibility index (Phi) is 6.15. The van der Waals surface area contributed by atoms with Gasteiger partial charge < -0.3 is 25.2 Å². The number of hydrogen-bond donors (Lipinski definition) is 3. The maximum Gasteiger partial charge on any atom is 0.325 e. The number of nitrogens with one attached hydrogen (secondary N) is 2. The van der Waals surface area contributed by atoms with Crippen LogP contribution in [0.5, 0.6) is 11.5 Å². The highest BCUT2D eigenvalue weighted by Gasteiger charge is 2.13. The van der Waals surface area contributed by atoms with E-state index < -0.39 is 18.0 Å². The maximum absolute atomic E-state index is 11.3. The summed E-state index contributed by atoms with van der Waals surface area (Å²) < 4.78 is 10.6. The van der Waals surface area contributed by atoms with E-state index in [-0.39, 0.29) is 13.2 Å². The second-order valence-electron chi connectivity index (χ2n) is 3.96. The number of benzene rings is 1. The molecule has 0 fully saturated rings. The number of ether oxygens (including phenoxy) is 2. The fraction of sp³-hybridized carbons (Fsp3) is 0.385. The van der Waals surface area contributed by atoms with Crippen LogP contribution in [0.4, 0.5) is 4.79 Å². The number of aliphatic carboxylic acids is 1. The molecule has 0 aromatic heterocycles. The van der Waals surface area contributed by atoms with Crippen LogP contribution in [0.1, 0.15) is 6.92 Å². The zero-order valence-electron chi connectivity index (χ0n) is 11.4. The highest BCUT2D eigenvalue weighted by Crippen LogP contribution is 2.25. The number of carbonyl (C=O) groups excluding carboxylic acids is 1. The van der Waals surface area contributed by atoms with Crippen molar-refractivity contribution >= 4 is 12.0 Å². The molecule has 20 heavy (non-hydrogen) atoms. The first-order chi connectivity index (χ1) is 9.54. The average molecular weight is 282 g/mol. The molecule has 0 saturated heterocycles. The fourth-order valence-corrected chi connectivity index (χ4v) is 1.37. The molecule has 2 amide bonds. The van der Waals surface area contributed by atoms with Crippen molar-refractivity contribution in [1.29, 1.82) is 0 Å². The predicted octanol–water partition coefficient (Wildman–Crippen LogP) is 0.846. The summed E-state index contributed by atoms with van der Waals surface area (Å²) in [4.78, 5) is 21.9. The highest BCUT2D eigenvalue weighted by molar-refractivity contribution is 5.82. The third-order valence-corrected chi connectivity index (χ3v) is 2.43. The molecule has 7 nitrogen and oxygen atoms in total. The van der Waals surface area contributed by atoms with Crippen LogP contribution in [0.3, 0.4) is 0 Å². The number of hydrogen-bond acceptors (Lipinski definition) is 4. The summed E-state index contributed by atoms with van der Waals surface area (Å²) in [5, 5.41) is 13.4. The van der Waals surface area contributed by atoms with Gasteiger partial charge in [-0.1, -0.05) is 12.1 Å². The van der Waals surface area contributed by atoms with Crippen LogP contribution in [0.2, 0.25) is 0 Å². The van der Waals surface area contributed by atoms with E-state index in [1.807, 2.05) is 12.1 Å². The minimum absolute atomic E-state index is 0.245. The van der Waals surface area contributed by atoms with Crippen molar-refractivity contribution in [3.63, 3.8) is 0 Å². The Balaban J connectivity index is 2.28. The molecule has 1 unspecified atom stereocenters. The minimum Gasteiger partial charge on any atom is -0.493 e. The van der Waals surface area contributed by atoms with Crippen LogP contribution in [-0.4, -0.2) is 43.4 Å². The van der Waals surface area contributed by atoms with Crippen molar-refractivity contribution in [1.82, 2.24) is 10.6 Å². The number of carbonyl (C=O) groups is 2. The Morgan fingerprint density at radius 1 is 1.30 bits per heavy atom. The zero-order chi connectivity index (χ0) is 15.0. The molecule has 0 heterocycles. The first-order valence-electron chi connectivity index (χ1n) is 6.07. The monoisotopic (exact) mass is 282 g/mol. The highest BCUT2D eigenvalue weighted by atomic mass is 16.5. The Labute approximate surface area is 116 Å². The predicted molar refractivity (Wildman–Crippen MR) is 72.1 cm³/mol. The molecule has 7 heteroatoms. The SMILES string of the molecule is COc1ccccc1OCCNC(=O)NC(C)C(=O)O. The van der Waals surface area contributed by atoms with Gasteiger partial charge in [0.1, 0.15) is 12.6 Å². The molecule has 0 saturated carbocycles. The topological polar surface area (TPSA) is 96.9 Å². The molecule has 1 atom stereocenters. The molecule has 3 N–H and O–H groups in total. The van der Waals surface area contributed by atoms with Gasteiger partial charge in [0, 0.05) is 0 Å². The summed E-state index contributed by atoms with van der Waals surface area (Å²) in [5.74, 6) is 0.0954. The van der Waals surface area contributed by atoms with Gasteiger partial charge in [0.2, 0.25) is 0 Å². The number of amides is 2. The Bertz CT molecular complexity index is 464. The molecule has 0 aliphatic heterocycles. The molecular formula is C13H18N2O5. The molecule has 1 aromatic carbocycles. The van der Waals surface area contributed by atoms with Crippen molar-refractivity contribution in [2.75, 3.05) is 20.3 Å². The van der Waals surface area contributed by atoms with Crippen molar-refractivity contribution in [2.45, 2.75) is 13.0 Å². The lowest BCUT2D eigenvalue weighted by molar-refractivity contribution is -0.138. The van der Waals surface area contributed by atoms with Gasteiger partial charge in [0.05, 0.1) is 13.7 Å². The first kappa shape index (κ1) is 15.6. The quantitative estimate of drug-likeness (QED) is 0.644. The lowest BCUT2D eigenvalue weighted by atomic mass is 10.3. The number of rotatable bonds is 7. The molecule has 0 spiro atoms. The average Bonchev–Trinajstić information content (AvgIpc) is 2.43. The van der Waals surface area contributed by atoms with E-state index in [4.69, 9.17) is 14.6 Å². The van der Waals surface area contributed by atoms with E-state index in [1.54, 1.807) is 19.2 Å². The number of methoxy groups -OCH3 is 1. The molecule has 0 radical (unpaired) electrons. The second kappa shape index (κ2) is 7.88. The molecular weight excluding hydrogens is 264 g/mol. The summed E-state index contributed by atoms with van der Waals surface area (Å²) in [6.07, 6.45) is 0. The van der Waals surface area contributed by atoms with Gasteiger partial charge in [-0.05, 0) is 19.1 Å². The number of urea groups is 1. The molecule has 0 bridgehead atoms. The van der Waals surface area contributed by atoms with Crippen molar-refractivity contribution in [2.24, 2.45) is 0 Å². The Morgan fingerprint density at radius 2 is 1.95 bits per heavy atom. The van der Waals surface area contributed by atoms with Gasteiger partial charge in [0.15, 0.2) is 11.5 Å². The van der Waals surface area contributed by atoms with Crippen LogP contribution in [0.25, 0.3) is 0 Å². The second-order valence-corrected chi connectivity index (χ2v) is 3.96. The summed E-state index contributed by atoms with van der Waals surface area (Å²) in [5.41, 5.74) is 0. The van der Waals surface area contributed by atoms with Gasteiger partial charge >= 0.3 is 12.0 Å². The number of carboxylic acids is 1. The van der Waals surface area contributed by atoms with E-state index >= 15 is 0 Å². The standard InChI is InChI=1S/C13H18N2O5/c1-9(12(16)17)15-13(18)14-7-8-20-11-6-4-3-5-10(11)19-2/h3-6,9H,7-8H2,1-2H3,(H,16,17)(H2,14,15,18). The van der Waals surface area contributed by atoms with E-state index in [1.165, 1.54) is 6.92 Å². The maximum atomic E-state index is 11.3. The first-order valence-corrected chi connectivity index (χ1v) is 6.07. The molecule has 1 rings (SSSR count). The van der Waals surface area contributed by atoms with E-state index in [2.05, 4.69) is 10.6 Å². The van der Waals surface area contributed by atoms with Crippen LogP contribution < -0.4 is 20.1 Å². The van der Waals surface area contributed by atoms with Gasteiger partial charge in [-0.3, -0.25) is 4.79 Å². The molecule has 1 aromatic rings. The summed E-state index contributed by atoms with van der Waals surface area (Å²) in [6, 6.07) is 5.67. The normalized spacial score (nSPS) is 11.3. The van der Waals surface area contributed by atoms with Crippen LogP contribution in [0.15, 0.2) is 24.3 Å². The smallest absolute Gasteiger partial charge is 0.325 e. The third kappa shape index (κ3) is 5.05. The summed E-state index contributed by atoms with van der Waals surface area (Å²) in [7, 11) is 1.54. The van der Waals surface area contributed by atoms with Gasteiger partial charge in [-0.15, -0.1) is 0 Å². The summed E-state index contributed by atoms with van der Waals surface area (Å²) in [6.45, 7) is 1.87. The van der Waals surface area contributed by atoms with Gasteiger partial charge in [-0.25, -0.2) is 4.79 Å². The van der Waals surface area contributed by atoms with Crippen molar-refractivity contribution < 1.29 is 24.2 Å². The van der Waals surface area contributed by atoms with Gasteiger partial charge in [0.25, 0.3) is 0 Å². The number of para-hydroxylation sites is 2. The van der Waals surface area contributed by atoms with E-state index in [0.29, 0.717) is 11.5 Å². The van der Waals surface area contributed by atoms with E-state index in [9.17, 15) is 9.59 Å². The Morgan fingerprint density at radius 3 is 2.55 bits per heavy atom. The summed E-state index contributed by atoms with van der Waals surface area (Å²) >= 11 is 0.